The molecule has 20 heavy (non-hydrogen) atoms. The topological polar surface area (TPSA) is 70.1 Å². The van der Waals surface area contributed by atoms with Gasteiger partial charge in [-0.2, -0.15) is 0 Å². The van der Waals surface area contributed by atoms with Crippen LogP contribution in [0.4, 0.5) is 0 Å². The minimum absolute atomic E-state index is 0.263. The van der Waals surface area contributed by atoms with Crippen molar-refractivity contribution in [1.82, 2.24) is 9.19 Å². The van der Waals surface area contributed by atoms with E-state index in [1.807, 2.05) is 12.1 Å². The van der Waals surface area contributed by atoms with Crippen LogP contribution in [0.1, 0.15) is 34.8 Å². The van der Waals surface area contributed by atoms with Gasteiger partial charge in [0.25, 0.3) is 0 Å². The van der Waals surface area contributed by atoms with E-state index in [0.29, 0.717) is 11.4 Å². The standard InChI is InChI=1S/C14H17N3O2S/c1-2-4-10-5-3-6-11(14(15)18)12(10)9-19-13-7-8-17(20)16-13/h3,5-8,20H,2,4,9H2,1H3,(H2,15,18). The molecule has 2 rings (SSSR count). The number of nitrogens with zero attached hydrogens (tertiary/aromatic N) is 2. The van der Waals surface area contributed by atoms with Crippen molar-refractivity contribution < 1.29 is 9.53 Å². The van der Waals surface area contributed by atoms with E-state index in [4.69, 9.17) is 10.5 Å². The highest BCUT2D eigenvalue weighted by Crippen LogP contribution is 2.19. The molecular formula is C14H17N3O2S. The van der Waals surface area contributed by atoms with Gasteiger partial charge < -0.3 is 10.5 Å². The summed E-state index contributed by atoms with van der Waals surface area (Å²) in [6.45, 7) is 2.35. The molecule has 5 nitrogen and oxygen atoms in total. The Morgan fingerprint density at radius 1 is 1.45 bits per heavy atom. The normalized spacial score (nSPS) is 10.5. The Morgan fingerprint density at radius 3 is 2.85 bits per heavy atom. The van der Waals surface area contributed by atoms with Crippen LogP contribution in [0.15, 0.2) is 30.5 Å². The van der Waals surface area contributed by atoms with E-state index in [0.717, 1.165) is 24.0 Å². The van der Waals surface area contributed by atoms with Crippen LogP contribution in [0, 0.1) is 0 Å². The molecule has 0 bridgehead atoms. The average Bonchev–Trinajstić information content (AvgIpc) is 2.83. The van der Waals surface area contributed by atoms with Crippen LogP contribution in [-0.4, -0.2) is 15.1 Å². The van der Waals surface area contributed by atoms with Gasteiger partial charge in [-0.25, -0.2) is 4.09 Å². The maximum absolute atomic E-state index is 11.5. The Kier molecular flexibility index (Phi) is 4.68. The van der Waals surface area contributed by atoms with Crippen molar-refractivity contribution in [3.05, 3.63) is 47.2 Å². The van der Waals surface area contributed by atoms with E-state index in [1.54, 1.807) is 18.3 Å². The maximum Gasteiger partial charge on any atom is 0.249 e. The van der Waals surface area contributed by atoms with Crippen LogP contribution >= 0.6 is 12.8 Å². The number of aromatic nitrogens is 2. The Morgan fingerprint density at radius 2 is 2.25 bits per heavy atom. The zero-order chi connectivity index (χ0) is 14.5. The predicted octanol–water partition coefficient (Wildman–Crippen LogP) is 2.21. The first-order chi connectivity index (χ1) is 9.61. The van der Waals surface area contributed by atoms with Gasteiger partial charge in [-0.15, -0.1) is 5.10 Å². The lowest BCUT2D eigenvalue weighted by molar-refractivity contribution is 0.0997. The Bertz CT molecular complexity index is 610. The van der Waals surface area contributed by atoms with Gasteiger partial charge in [0.05, 0.1) is 0 Å². The molecule has 0 aliphatic rings. The lowest BCUT2D eigenvalue weighted by atomic mass is 9.98. The summed E-state index contributed by atoms with van der Waals surface area (Å²) < 4.78 is 6.97. The van der Waals surface area contributed by atoms with Crippen LogP contribution in [0.2, 0.25) is 0 Å². The molecule has 0 radical (unpaired) electrons. The third-order valence-electron chi connectivity index (χ3n) is 2.97. The van der Waals surface area contributed by atoms with Crippen molar-refractivity contribution in [2.75, 3.05) is 0 Å². The number of hydrogen-bond donors (Lipinski definition) is 2. The molecule has 0 aliphatic carbocycles. The lowest BCUT2D eigenvalue weighted by Gasteiger charge is -2.12. The molecule has 2 N–H and O–H groups in total. The smallest absolute Gasteiger partial charge is 0.249 e. The van der Waals surface area contributed by atoms with Gasteiger partial charge in [0.2, 0.25) is 11.8 Å². The fraction of sp³-hybridized carbons (Fsp3) is 0.286. The zero-order valence-corrected chi connectivity index (χ0v) is 12.1. The number of thiol groups is 1. The molecule has 0 fully saturated rings. The molecule has 0 spiro atoms. The van der Waals surface area contributed by atoms with Gasteiger partial charge in [0.1, 0.15) is 6.61 Å². The van der Waals surface area contributed by atoms with E-state index >= 15 is 0 Å². The number of hydrogen-bond acceptors (Lipinski definition) is 4. The number of carbonyl (C=O) groups is 1. The van der Waals surface area contributed by atoms with E-state index < -0.39 is 5.91 Å². The van der Waals surface area contributed by atoms with Gasteiger partial charge in [-0.3, -0.25) is 4.79 Å². The molecule has 0 atom stereocenters. The second kappa shape index (κ2) is 6.47. The number of aryl methyl sites for hydroxylation is 1. The molecule has 0 unspecified atom stereocenters. The summed E-state index contributed by atoms with van der Waals surface area (Å²) >= 11 is 4.04. The fourth-order valence-electron chi connectivity index (χ4n) is 2.06. The summed E-state index contributed by atoms with van der Waals surface area (Å²) in [5.41, 5.74) is 7.83. The molecule has 106 valence electrons. The summed E-state index contributed by atoms with van der Waals surface area (Å²) in [6.07, 6.45) is 3.53. The SMILES string of the molecule is CCCc1cccc(C(N)=O)c1COc1ccn(S)n1. The number of benzene rings is 1. The molecule has 0 aliphatic heterocycles. The summed E-state index contributed by atoms with van der Waals surface area (Å²) in [7, 11) is 0. The molecule has 1 heterocycles. The van der Waals surface area contributed by atoms with Gasteiger partial charge in [-0.05, 0) is 30.9 Å². The summed E-state index contributed by atoms with van der Waals surface area (Å²) in [5.74, 6) is 0.0167. The average molecular weight is 291 g/mol. The molecule has 0 saturated carbocycles. The van der Waals surface area contributed by atoms with Crippen LogP contribution in [-0.2, 0) is 13.0 Å². The van der Waals surface area contributed by atoms with E-state index in [2.05, 4.69) is 24.8 Å². The number of carbonyl (C=O) groups excluding carboxylic acids is 1. The molecule has 6 heteroatoms. The zero-order valence-electron chi connectivity index (χ0n) is 11.2. The number of amides is 1. The third kappa shape index (κ3) is 3.33. The quantitative estimate of drug-likeness (QED) is 0.802. The highest BCUT2D eigenvalue weighted by Gasteiger charge is 2.13. The molecule has 1 amide bonds. The van der Waals surface area contributed by atoms with E-state index in [1.165, 1.54) is 4.09 Å². The second-order valence-corrected chi connectivity index (χ2v) is 4.83. The Balaban J connectivity index is 2.25. The van der Waals surface area contributed by atoms with Crippen LogP contribution in [0.3, 0.4) is 0 Å². The maximum atomic E-state index is 11.5. The highest BCUT2D eigenvalue weighted by atomic mass is 32.1. The fourth-order valence-corrected chi connectivity index (χ4v) is 2.22. The minimum Gasteiger partial charge on any atom is -0.472 e. The molecule has 0 saturated heterocycles. The van der Waals surface area contributed by atoms with Gasteiger partial charge in [-0.1, -0.05) is 25.5 Å². The van der Waals surface area contributed by atoms with Crippen LogP contribution < -0.4 is 10.5 Å². The summed E-state index contributed by atoms with van der Waals surface area (Å²) in [5, 5.41) is 4.02. The van der Waals surface area contributed by atoms with Crippen LogP contribution in [0.5, 0.6) is 5.88 Å². The van der Waals surface area contributed by atoms with Crippen molar-refractivity contribution in [3.63, 3.8) is 0 Å². The van der Waals surface area contributed by atoms with E-state index in [9.17, 15) is 4.79 Å². The molecule has 1 aromatic carbocycles. The number of rotatable bonds is 6. The van der Waals surface area contributed by atoms with Gasteiger partial charge in [0.15, 0.2) is 0 Å². The Hall–Kier alpha value is -1.95. The first kappa shape index (κ1) is 14.5. The molecular weight excluding hydrogens is 274 g/mol. The van der Waals surface area contributed by atoms with Crippen molar-refractivity contribution in [2.45, 2.75) is 26.4 Å². The predicted molar refractivity (Wildman–Crippen MR) is 79.9 cm³/mol. The number of primary amides is 1. The van der Waals surface area contributed by atoms with Crippen molar-refractivity contribution in [1.29, 1.82) is 0 Å². The monoisotopic (exact) mass is 291 g/mol. The summed E-state index contributed by atoms with van der Waals surface area (Å²) in [4.78, 5) is 11.5. The van der Waals surface area contributed by atoms with Crippen LogP contribution in [0.25, 0.3) is 0 Å². The van der Waals surface area contributed by atoms with Gasteiger partial charge >= 0.3 is 0 Å². The van der Waals surface area contributed by atoms with Crippen molar-refractivity contribution in [2.24, 2.45) is 5.73 Å². The molecule has 1 aromatic heterocycles. The van der Waals surface area contributed by atoms with Crippen molar-refractivity contribution in [3.8, 4) is 5.88 Å². The third-order valence-corrected chi connectivity index (χ3v) is 3.20. The number of nitrogens with two attached hydrogens (primary N) is 1. The molecule has 2 aromatic rings. The summed E-state index contributed by atoms with van der Waals surface area (Å²) in [6, 6.07) is 7.26. The first-order valence-corrected chi connectivity index (χ1v) is 6.80. The number of ether oxygens (including phenoxy) is 1. The second-order valence-electron chi connectivity index (χ2n) is 4.42. The highest BCUT2D eigenvalue weighted by molar-refractivity contribution is 7.78. The van der Waals surface area contributed by atoms with Crippen molar-refractivity contribution >= 4 is 18.7 Å². The first-order valence-electron chi connectivity index (χ1n) is 6.40. The Labute approximate surface area is 123 Å². The largest absolute Gasteiger partial charge is 0.472 e. The van der Waals surface area contributed by atoms with E-state index in [-0.39, 0.29) is 6.61 Å². The van der Waals surface area contributed by atoms with Gasteiger partial charge in [0, 0.05) is 23.4 Å². The minimum atomic E-state index is -0.443. The lowest BCUT2D eigenvalue weighted by Crippen LogP contribution is -2.16.